The minimum Gasteiger partial charge on any atom is -0.507 e. The van der Waals surface area contributed by atoms with Gasteiger partial charge in [0, 0.05) is 24.3 Å². The Morgan fingerprint density at radius 2 is 1.96 bits per heavy atom. The van der Waals surface area contributed by atoms with Crippen LogP contribution in [0.15, 0.2) is 18.2 Å². The van der Waals surface area contributed by atoms with Crippen molar-refractivity contribution in [2.75, 3.05) is 24.7 Å². The number of rotatable bonds is 3. The Hall–Kier alpha value is -2.35. The van der Waals surface area contributed by atoms with Crippen molar-refractivity contribution >= 4 is 5.82 Å². The van der Waals surface area contributed by atoms with E-state index in [-0.39, 0.29) is 0 Å². The summed E-state index contributed by atoms with van der Waals surface area (Å²) >= 11 is 0. The number of phenols is 1. The first kappa shape index (κ1) is 17.7. The molecule has 2 aromatic rings. The Morgan fingerprint density at radius 1 is 1.14 bits per heavy atom. The summed E-state index contributed by atoms with van der Waals surface area (Å²) in [5.41, 5.74) is 2.12. The van der Waals surface area contributed by atoms with Crippen molar-refractivity contribution in [3.63, 3.8) is 0 Å². The van der Waals surface area contributed by atoms with Gasteiger partial charge in [0.15, 0.2) is 5.82 Å². The van der Waals surface area contributed by atoms with Gasteiger partial charge in [-0.25, -0.2) is 0 Å². The Kier molecular flexibility index (Phi) is 4.01. The minimum atomic E-state index is -4.50. The first-order valence-electron chi connectivity index (χ1n) is 9.58. The van der Waals surface area contributed by atoms with Crippen LogP contribution in [-0.4, -0.2) is 41.1 Å². The molecule has 1 aromatic carbocycles. The number of hydrogen-bond donors (Lipinski definition) is 1. The summed E-state index contributed by atoms with van der Waals surface area (Å²) in [6, 6.07) is 3.36. The molecule has 1 unspecified atom stereocenters. The lowest BCUT2D eigenvalue weighted by atomic mass is 9.96. The molecular weight excluding hydrogens is 371 g/mol. The van der Waals surface area contributed by atoms with Crippen LogP contribution in [0.25, 0.3) is 11.3 Å². The van der Waals surface area contributed by atoms with Crippen molar-refractivity contribution in [1.82, 2.24) is 10.2 Å². The third-order valence-electron chi connectivity index (χ3n) is 5.88. The number of ether oxygens (including phenoxy) is 1. The Morgan fingerprint density at radius 3 is 2.61 bits per heavy atom. The molecule has 3 heterocycles. The molecule has 0 amide bonds. The quantitative estimate of drug-likeness (QED) is 0.860. The molecule has 2 aliphatic heterocycles. The van der Waals surface area contributed by atoms with Gasteiger partial charge in [-0.05, 0) is 55.4 Å². The molecule has 0 radical (unpaired) electrons. The fraction of sp³-hybridized carbons (Fsp3) is 0.500. The SMILES string of the molecule is Oc1cc(C(F)(F)F)ccc1-c1nnc2c(c1C1CC1)CCN2C1CCOC1. The number of aromatic hydroxyl groups is 1. The van der Waals surface area contributed by atoms with E-state index in [2.05, 4.69) is 15.1 Å². The van der Waals surface area contributed by atoms with Crippen molar-refractivity contribution in [3.05, 3.63) is 34.9 Å². The maximum Gasteiger partial charge on any atom is 0.416 e. The summed E-state index contributed by atoms with van der Waals surface area (Å²) in [6.45, 7) is 2.28. The summed E-state index contributed by atoms with van der Waals surface area (Å²) in [7, 11) is 0. The number of anilines is 1. The number of benzene rings is 1. The summed E-state index contributed by atoms with van der Waals surface area (Å²) in [6.07, 6.45) is -0.649. The van der Waals surface area contributed by atoms with Crippen LogP contribution >= 0.6 is 0 Å². The van der Waals surface area contributed by atoms with Gasteiger partial charge in [-0.3, -0.25) is 0 Å². The molecule has 1 aromatic heterocycles. The maximum absolute atomic E-state index is 12.9. The highest BCUT2D eigenvalue weighted by atomic mass is 19.4. The fourth-order valence-corrected chi connectivity index (χ4v) is 4.33. The van der Waals surface area contributed by atoms with Crippen LogP contribution in [0.3, 0.4) is 0 Å². The first-order valence-corrected chi connectivity index (χ1v) is 9.58. The zero-order valence-electron chi connectivity index (χ0n) is 15.2. The smallest absolute Gasteiger partial charge is 0.416 e. The summed E-state index contributed by atoms with van der Waals surface area (Å²) in [5, 5.41) is 19.1. The Labute approximate surface area is 160 Å². The van der Waals surface area contributed by atoms with E-state index in [4.69, 9.17) is 4.74 Å². The highest BCUT2D eigenvalue weighted by molar-refractivity contribution is 5.75. The molecule has 2 fully saturated rings. The number of nitrogens with zero attached hydrogens (tertiary/aromatic N) is 3. The summed E-state index contributed by atoms with van der Waals surface area (Å²) in [4.78, 5) is 2.25. The molecule has 0 spiro atoms. The highest BCUT2D eigenvalue weighted by Gasteiger charge is 2.38. The van der Waals surface area contributed by atoms with Gasteiger partial charge in [0.1, 0.15) is 11.4 Å². The molecule has 148 valence electrons. The largest absolute Gasteiger partial charge is 0.507 e. The zero-order chi connectivity index (χ0) is 19.5. The monoisotopic (exact) mass is 391 g/mol. The van der Waals surface area contributed by atoms with E-state index in [0.29, 0.717) is 29.8 Å². The second-order valence-corrected chi connectivity index (χ2v) is 7.73. The van der Waals surface area contributed by atoms with Crippen molar-refractivity contribution < 1.29 is 23.0 Å². The van der Waals surface area contributed by atoms with Crippen LogP contribution in [0.1, 0.15) is 41.9 Å². The number of halogens is 3. The third-order valence-corrected chi connectivity index (χ3v) is 5.88. The second kappa shape index (κ2) is 6.34. The van der Waals surface area contributed by atoms with Crippen LogP contribution < -0.4 is 4.90 Å². The van der Waals surface area contributed by atoms with Gasteiger partial charge in [0.2, 0.25) is 0 Å². The third kappa shape index (κ3) is 2.90. The second-order valence-electron chi connectivity index (χ2n) is 7.73. The lowest BCUT2D eigenvalue weighted by Gasteiger charge is -2.24. The van der Waals surface area contributed by atoms with E-state index >= 15 is 0 Å². The predicted molar refractivity (Wildman–Crippen MR) is 96.4 cm³/mol. The van der Waals surface area contributed by atoms with Crippen molar-refractivity contribution in [2.45, 2.75) is 43.8 Å². The average Bonchev–Trinajstić information content (AvgIpc) is 3.17. The molecule has 1 aliphatic carbocycles. The van der Waals surface area contributed by atoms with Crippen LogP contribution in [0.2, 0.25) is 0 Å². The number of fused-ring (bicyclic) bond motifs is 1. The highest BCUT2D eigenvalue weighted by Crippen LogP contribution is 2.50. The van der Waals surface area contributed by atoms with Crippen LogP contribution in [0.4, 0.5) is 19.0 Å². The first-order chi connectivity index (χ1) is 13.4. The van der Waals surface area contributed by atoms with Crippen molar-refractivity contribution in [3.8, 4) is 17.0 Å². The molecule has 5 nitrogen and oxygen atoms in total. The Bertz CT molecular complexity index is 922. The molecule has 1 saturated heterocycles. The Balaban J connectivity index is 1.58. The molecule has 5 rings (SSSR count). The molecule has 1 saturated carbocycles. The molecule has 3 aliphatic rings. The number of hydrogen-bond acceptors (Lipinski definition) is 5. The van der Waals surface area contributed by atoms with Gasteiger partial charge in [0.05, 0.1) is 18.2 Å². The summed E-state index contributed by atoms with van der Waals surface area (Å²) < 4.78 is 44.3. The van der Waals surface area contributed by atoms with E-state index in [1.165, 1.54) is 6.07 Å². The van der Waals surface area contributed by atoms with E-state index in [1.54, 1.807) is 0 Å². The molecule has 8 heteroatoms. The minimum absolute atomic E-state index is 0.299. The van der Waals surface area contributed by atoms with Gasteiger partial charge >= 0.3 is 6.18 Å². The lowest BCUT2D eigenvalue weighted by molar-refractivity contribution is -0.137. The lowest BCUT2D eigenvalue weighted by Crippen LogP contribution is -2.34. The number of alkyl halides is 3. The topological polar surface area (TPSA) is 58.5 Å². The van der Waals surface area contributed by atoms with E-state index in [9.17, 15) is 18.3 Å². The van der Waals surface area contributed by atoms with Gasteiger partial charge in [0.25, 0.3) is 0 Å². The normalized spacial score (nSPS) is 22.0. The van der Waals surface area contributed by atoms with E-state index < -0.39 is 17.5 Å². The van der Waals surface area contributed by atoms with Gasteiger partial charge in [-0.15, -0.1) is 10.2 Å². The van der Waals surface area contributed by atoms with E-state index in [1.807, 2.05) is 0 Å². The van der Waals surface area contributed by atoms with Crippen LogP contribution in [0.5, 0.6) is 5.75 Å². The fourth-order valence-electron chi connectivity index (χ4n) is 4.33. The summed E-state index contributed by atoms with van der Waals surface area (Å²) in [5.74, 6) is 0.790. The van der Waals surface area contributed by atoms with Gasteiger partial charge in [-0.2, -0.15) is 13.2 Å². The standard InChI is InChI=1S/C20H20F3N3O2/c21-20(22,23)12-3-4-14(16(27)9-12)18-17(11-1-2-11)15-5-7-26(19(15)25-24-18)13-6-8-28-10-13/h3-4,9,11,13,27H,1-2,5-8,10H2. The van der Waals surface area contributed by atoms with Gasteiger partial charge < -0.3 is 14.7 Å². The molecule has 28 heavy (non-hydrogen) atoms. The van der Waals surface area contributed by atoms with Crippen molar-refractivity contribution in [2.24, 2.45) is 0 Å². The average molecular weight is 391 g/mol. The predicted octanol–water partition coefficient (Wildman–Crippen LogP) is 3.90. The number of aromatic nitrogens is 2. The maximum atomic E-state index is 12.9. The van der Waals surface area contributed by atoms with Crippen LogP contribution in [0, 0.1) is 0 Å². The van der Waals surface area contributed by atoms with Gasteiger partial charge in [-0.1, -0.05) is 0 Å². The molecule has 1 N–H and O–H groups in total. The zero-order valence-corrected chi connectivity index (χ0v) is 15.2. The number of phenolic OH excluding ortho intramolecular Hbond substituents is 1. The molecule has 0 bridgehead atoms. The molecule has 1 atom stereocenters. The van der Waals surface area contributed by atoms with Crippen LogP contribution in [-0.2, 0) is 17.3 Å². The van der Waals surface area contributed by atoms with E-state index in [0.717, 1.165) is 67.9 Å². The molecular formula is C20H20F3N3O2. The van der Waals surface area contributed by atoms with Crippen molar-refractivity contribution in [1.29, 1.82) is 0 Å².